The first-order chi connectivity index (χ1) is 18.0. The molecule has 0 atom stereocenters. The number of ether oxygens (including phenoxy) is 1. The molecule has 0 bridgehead atoms. The summed E-state index contributed by atoms with van der Waals surface area (Å²) in [4.78, 5) is 27.6. The van der Waals surface area contributed by atoms with Crippen molar-refractivity contribution in [3.63, 3.8) is 0 Å². The van der Waals surface area contributed by atoms with Crippen molar-refractivity contribution in [3.8, 4) is 5.75 Å². The molecule has 37 heavy (non-hydrogen) atoms. The molecular weight excluding hydrogens is 466 g/mol. The lowest BCUT2D eigenvalue weighted by Crippen LogP contribution is -2.32. The average Bonchev–Trinajstić information content (AvgIpc) is 3.62. The van der Waals surface area contributed by atoms with Gasteiger partial charge in [-0.05, 0) is 48.9 Å². The van der Waals surface area contributed by atoms with E-state index in [0.29, 0.717) is 31.2 Å². The van der Waals surface area contributed by atoms with E-state index in [1.54, 1.807) is 13.2 Å². The van der Waals surface area contributed by atoms with Crippen LogP contribution in [-0.4, -0.2) is 35.5 Å². The number of aromatic nitrogens is 1. The van der Waals surface area contributed by atoms with Crippen LogP contribution < -0.4 is 10.1 Å². The molecule has 1 heterocycles. The van der Waals surface area contributed by atoms with Crippen LogP contribution >= 0.6 is 0 Å². The number of nitrogens with zero attached hydrogens (tertiary/aromatic N) is 2. The van der Waals surface area contributed by atoms with E-state index in [0.717, 1.165) is 29.7 Å². The number of benzene rings is 2. The van der Waals surface area contributed by atoms with Crippen molar-refractivity contribution in [2.75, 3.05) is 13.7 Å². The first-order valence-corrected chi connectivity index (χ1v) is 13.2. The minimum Gasteiger partial charge on any atom is -0.497 e. The number of hydrogen-bond acceptors (Lipinski definition) is 5. The van der Waals surface area contributed by atoms with Gasteiger partial charge in [0.1, 0.15) is 5.75 Å². The molecule has 1 aromatic heterocycles. The second-order valence-electron chi connectivity index (χ2n) is 9.95. The van der Waals surface area contributed by atoms with Crippen molar-refractivity contribution in [1.82, 2.24) is 15.4 Å². The van der Waals surface area contributed by atoms with Crippen molar-refractivity contribution >= 4 is 11.8 Å². The number of amides is 2. The number of methoxy groups -OCH3 is 1. The van der Waals surface area contributed by atoms with Gasteiger partial charge in [-0.3, -0.25) is 9.59 Å². The van der Waals surface area contributed by atoms with Gasteiger partial charge >= 0.3 is 0 Å². The standard InChI is InChI=1S/C30H37N3O4/c1-22-7-9-25(10-8-22)20-31-30(35)28-19-27(37-32-28)21-33(29(34)16-13-23-5-3-4-6-23)18-17-24-11-14-26(36-2)15-12-24/h7-12,14-15,19,23H,3-6,13,16-18,20-21H2,1-2H3,(H,31,35). The van der Waals surface area contributed by atoms with Gasteiger partial charge in [0.2, 0.25) is 5.91 Å². The molecule has 2 amide bonds. The van der Waals surface area contributed by atoms with Crippen molar-refractivity contribution in [3.05, 3.63) is 82.7 Å². The van der Waals surface area contributed by atoms with Crippen molar-refractivity contribution < 1.29 is 18.8 Å². The molecule has 3 aromatic rings. The van der Waals surface area contributed by atoms with Gasteiger partial charge in [-0.25, -0.2) is 0 Å². The summed E-state index contributed by atoms with van der Waals surface area (Å²) in [6.45, 7) is 3.29. The minimum absolute atomic E-state index is 0.113. The predicted octanol–water partition coefficient (Wildman–Crippen LogP) is 5.46. The quantitative estimate of drug-likeness (QED) is 0.355. The van der Waals surface area contributed by atoms with Gasteiger partial charge in [0.25, 0.3) is 5.91 Å². The van der Waals surface area contributed by atoms with E-state index in [9.17, 15) is 9.59 Å². The lowest BCUT2D eigenvalue weighted by molar-refractivity contribution is -0.132. The van der Waals surface area contributed by atoms with Gasteiger partial charge < -0.3 is 19.5 Å². The summed E-state index contributed by atoms with van der Waals surface area (Å²) in [5.41, 5.74) is 3.53. The molecule has 0 radical (unpaired) electrons. The van der Waals surface area contributed by atoms with Crippen LogP contribution in [-0.2, 0) is 24.3 Å². The molecule has 1 saturated carbocycles. The minimum atomic E-state index is -0.298. The van der Waals surface area contributed by atoms with E-state index >= 15 is 0 Å². The summed E-state index contributed by atoms with van der Waals surface area (Å²) in [6.07, 6.45) is 7.17. The van der Waals surface area contributed by atoms with Crippen LogP contribution in [0.1, 0.15) is 71.5 Å². The van der Waals surface area contributed by atoms with Crippen LogP contribution in [0.5, 0.6) is 5.75 Å². The Hall–Kier alpha value is -3.61. The Morgan fingerprint density at radius 2 is 1.76 bits per heavy atom. The third-order valence-electron chi connectivity index (χ3n) is 7.14. The fourth-order valence-electron chi connectivity index (χ4n) is 4.79. The number of carbonyl (C=O) groups excluding carboxylic acids is 2. The van der Waals surface area contributed by atoms with E-state index < -0.39 is 0 Å². The molecule has 1 N–H and O–H groups in total. The van der Waals surface area contributed by atoms with Crippen LogP contribution in [0, 0.1) is 12.8 Å². The molecule has 2 aromatic carbocycles. The van der Waals surface area contributed by atoms with Gasteiger partial charge in [0, 0.05) is 25.6 Å². The van der Waals surface area contributed by atoms with Crippen LogP contribution in [0.4, 0.5) is 0 Å². The molecule has 7 heteroatoms. The van der Waals surface area contributed by atoms with E-state index in [1.807, 2.05) is 60.4 Å². The third kappa shape index (κ3) is 7.94. The molecule has 0 spiro atoms. The Kier molecular flexibility index (Phi) is 9.35. The number of carbonyl (C=O) groups is 2. The van der Waals surface area contributed by atoms with E-state index in [-0.39, 0.29) is 24.1 Å². The van der Waals surface area contributed by atoms with Gasteiger partial charge in [0.05, 0.1) is 13.7 Å². The number of hydrogen-bond donors (Lipinski definition) is 1. The highest BCUT2D eigenvalue weighted by atomic mass is 16.5. The van der Waals surface area contributed by atoms with E-state index in [4.69, 9.17) is 9.26 Å². The molecule has 7 nitrogen and oxygen atoms in total. The normalized spacial score (nSPS) is 13.5. The van der Waals surface area contributed by atoms with Crippen LogP contribution in [0.2, 0.25) is 0 Å². The summed E-state index contributed by atoms with van der Waals surface area (Å²) in [7, 11) is 1.65. The number of aryl methyl sites for hydroxylation is 1. The lowest BCUT2D eigenvalue weighted by atomic mass is 10.0. The van der Waals surface area contributed by atoms with Gasteiger partial charge in [-0.1, -0.05) is 72.8 Å². The molecular formula is C30H37N3O4. The Morgan fingerprint density at radius 3 is 2.46 bits per heavy atom. The van der Waals surface area contributed by atoms with Gasteiger partial charge in [-0.2, -0.15) is 0 Å². The maximum Gasteiger partial charge on any atom is 0.273 e. The summed E-state index contributed by atoms with van der Waals surface area (Å²) >= 11 is 0. The van der Waals surface area contributed by atoms with E-state index in [2.05, 4.69) is 10.5 Å². The maximum absolute atomic E-state index is 13.2. The highest BCUT2D eigenvalue weighted by Gasteiger charge is 2.21. The maximum atomic E-state index is 13.2. The smallest absolute Gasteiger partial charge is 0.273 e. The first-order valence-electron chi connectivity index (χ1n) is 13.2. The zero-order valence-electron chi connectivity index (χ0n) is 21.9. The highest BCUT2D eigenvalue weighted by Crippen LogP contribution is 2.29. The number of rotatable bonds is 12. The largest absolute Gasteiger partial charge is 0.497 e. The second kappa shape index (κ2) is 13.1. The molecule has 1 fully saturated rings. The average molecular weight is 504 g/mol. The fourth-order valence-corrected chi connectivity index (χ4v) is 4.79. The molecule has 1 aliphatic rings. The van der Waals surface area contributed by atoms with Crippen LogP contribution in [0.3, 0.4) is 0 Å². The predicted molar refractivity (Wildman–Crippen MR) is 142 cm³/mol. The van der Waals surface area contributed by atoms with E-state index in [1.165, 1.54) is 31.2 Å². The summed E-state index contributed by atoms with van der Waals surface area (Å²) in [5.74, 6) is 1.78. The molecule has 196 valence electrons. The SMILES string of the molecule is COc1ccc(CCN(Cc2cc(C(=O)NCc3ccc(C)cc3)no2)C(=O)CCC2CCCC2)cc1. The van der Waals surface area contributed by atoms with Crippen molar-refractivity contribution in [2.45, 2.75) is 65.0 Å². The van der Waals surface area contributed by atoms with Crippen LogP contribution in [0.15, 0.2) is 59.1 Å². The van der Waals surface area contributed by atoms with Crippen molar-refractivity contribution in [1.29, 1.82) is 0 Å². The Bertz CT molecular complexity index is 1150. The Balaban J connectivity index is 1.36. The first kappa shape index (κ1) is 26.5. The highest BCUT2D eigenvalue weighted by molar-refractivity contribution is 5.92. The summed E-state index contributed by atoms with van der Waals surface area (Å²) < 4.78 is 10.7. The summed E-state index contributed by atoms with van der Waals surface area (Å²) in [5, 5.41) is 6.84. The zero-order valence-corrected chi connectivity index (χ0v) is 21.9. The fraction of sp³-hybridized carbons (Fsp3) is 0.433. The molecule has 4 rings (SSSR count). The second-order valence-corrected chi connectivity index (χ2v) is 9.95. The summed E-state index contributed by atoms with van der Waals surface area (Å²) in [6, 6.07) is 17.5. The topological polar surface area (TPSA) is 84.7 Å². The zero-order chi connectivity index (χ0) is 26.0. The van der Waals surface area contributed by atoms with Gasteiger partial charge in [-0.15, -0.1) is 0 Å². The Labute approximate surface area is 219 Å². The number of nitrogens with one attached hydrogen (secondary N) is 1. The van der Waals surface area contributed by atoms with Crippen LogP contribution in [0.25, 0.3) is 0 Å². The Morgan fingerprint density at radius 1 is 1.05 bits per heavy atom. The molecule has 0 saturated heterocycles. The molecule has 1 aliphatic carbocycles. The lowest BCUT2D eigenvalue weighted by Gasteiger charge is -2.22. The molecule has 0 aliphatic heterocycles. The third-order valence-corrected chi connectivity index (χ3v) is 7.14. The monoisotopic (exact) mass is 503 g/mol. The molecule has 0 unspecified atom stereocenters. The van der Waals surface area contributed by atoms with Gasteiger partial charge in [0.15, 0.2) is 11.5 Å². The van der Waals surface area contributed by atoms with Crippen molar-refractivity contribution in [2.24, 2.45) is 5.92 Å².